The van der Waals surface area contributed by atoms with E-state index in [1.165, 1.54) is 0 Å². The van der Waals surface area contributed by atoms with E-state index in [0.29, 0.717) is 6.10 Å². The molecule has 1 heterocycles. The quantitative estimate of drug-likeness (QED) is 0.803. The van der Waals surface area contributed by atoms with Crippen LogP contribution in [0.1, 0.15) is 47.5 Å². The van der Waals surface area contributed by atoms with Gasteiger partial charge in [0.05, 0.1) is 6.10 Å². The number of ether oxygens (including phenoxy) is 1. The highest BCUT2D eigenvalue weighted by molar-refractivity contribution is 4.93. The summed E-state index contributed by atoms with van der Waals surface area (Å²) in [5, 5.41) is 0. The minimum absolute atomic E-state index is 0.135. The number of hydrogen-bond donors (Lipinski definition) is 1. The zero-order valence-corrected chi connectivity index (χ0v) is 12.3. The van der Waals surface area contributed by atoms with E-state index in [0.717, 1.165) is 39.1 Å². The van der Waals surface area contributed by atoms with Crippen molar-refractivity contribution in [1.82, 2.24) is 4.90 Å². The van der Waals surface area contributed by atoms with Gasteiger partial charge in [-0.15, -0.1) is 0 Å². The first-order chi connectivity index (χ1) is 7.76. The van der Waals surface area contributed by atoms with Crippen LogP contribution in [0.4, 0.5) is 0 Å². The predicted octanol–water partition coefficient (Wildman–Crippen LogP) is 2.25. The van der Waals surface area contributed by atoms with E-state index in [2.05, 4.69) is 39.5 Å². The minimum atomic E-state index is -0.135. The van der Waals surface area contributed by atoms with Gasteiger partial charge in [0.25, 0.3) is 0 Å². The van der Waals surface area contributed by atoms with E-state index in [-0.39, 0.29) is 11.0 Å². The molecule has 3 heteroatoms. The summed E-state index contributed by atoms with van der Waals surface area (Å²) >= 11 is 0. The van der Waals surface area contributed by atoms with Crippen molar-refractivity contribution in [2.45, 2.75) is 59.1 Å². The molecule has 0 atom stereocenters. The highest BCUT2D eigenvalue weighted by Crippen LogP contribution is 2.30. The number of nitrogens with two attached hydrogens (primary N) is 1. The van der Waals surface area contributed by atoms with Crippen LogP contribution in [0.3, 0.4) is 0 Å². The Morgan fingerprint density at radius 3 is 2.12 bits per heavy atom. The highest BCUT2D eigenvalue weighted by atomic mass is 16.5. The van der Waals surface area contributed by atoms with Crippen molar-refractivity contribution in [2.75, 3.05) is 26.2 Å². The number of likely N-dealkylation sites (tertiary alicyclic amines) is 1. The van der Waals surface area contributed by atoms with Gasteiger partial charge in [0.15, 0.2) is 0 Å². The van der Waals surface area contributed by atoms with Gasteiger partial charge in [-0.05, 0) is 39.0 Å². The van der Waals surface area contributed by atoms with Crippen LogP contribution in [0.5, 0.6) is 0 Å². The molecule has 1 rings (SSSR count). The van der Waals surface area contributed by atoms with Crippen LogP contribution < -0.4 is 5.73 Å². The molecule has 0 bridgehead atoms. The molecule has 1 fully saturated rings. The molecule has 17 heavy (non-hydrogen) atoms. The minimum Gasteiger partial charge on any atom is -0.378 e. The molecule has 3 nitrogen and oxygen atoms in total. The number of piperidine rings is 1. The van der Waals surface area contributed by atoms with Crippen molar-refractivity contribution in [1.29, 1.82) is 0 Å². The summed E-state index contributed by atoms with van der Waals surface area (Å²) in [5.41, 5.74) is 6.26. The Labute approximate surface area is 107 Å². The third-order valence-electron chi connectivity index (χ3n) is 4.30. The number of rotatable bonds is 5. The topological polar surface area (TPSA) is 38.5 Å². The van der Waals surface area contributed by atoms with Gasteiger partial charge in [-0.25, -0.2) is 0 Å². The smallest absolute Gasteiger partial charge is 0.0599 e. The van der Waals surface area contributed by atoms with Crippen molar-refractivity contribution in [3.63, 3.8) is 0 Å². The molecule has 0 unspecified atom stereocenters. The lowest BCUT2D eigenvalue weighted by molar-refractivity contribution is 0.000717. The van der Waals surface area contributed by atoms with E-state index in [9.17, 15) is 0 Å². The fourth-order valence-electron chi connectivity index (χ4n) is 2.23. The Morgan fingerprint density at radius 1 is 1.18 bits per heavy atom. The van der Waals surface area contributed by atoms with Crippen molar-refractivity contribution in [3.8, 4) is 0 Å². The summed E-state index contributed by atoms with van der Waals surface area (Å²) in [6, 6.07) is 0. The van der Waals surface area contributed by atoms with E-state index in [1.54, 1.807) is 0 Å². The molecule has 2 N–H and O–H groups in total. The molecular formula is C14H30N2O. The Balaban J connectivity index is 2.40. The fourth-order valence-corrected chi connectivity index (χ4v) is 2.23. The Bertz CT molecular complexity index is 225. The summed E-state index contributed by atoms with van der Waals surface area (Å²) in [6.45, 7) is 15.1. The van der Waals surface area contributed by atoms with Crippen LogP contribution in [0.15, 0.2) is 0 Å². The van der Waals surface area contributed by atoms with Crippen LogP contribution in [-0.4, -0.2) is 42.8 Å². The molecule has 0 saturated carbocycles. The first-order valence-corrected chi connectivity index (χ1v) is 6.89. The maximum atomic E-state index is 6.25. The third kappa shape index (κ3) is 4.23. The summed E-state index contributed by atoms with van der Waals surface area (Å²) in [6.07, 6.45) is 2.80. The molecule has 1 aliphatic heterocycles. The lowest BCUT2D eigenvalue weighted by Crippen LogP contribution is -2.54. The van der Waals surface area contributed by atoms with Gasteiger partial charge in [0.2, 0.25) is 0 Å². The molecule has 0 aromatic rings. The van der Waals surface area contributed by atoms with Crippen LogP contribution in [-0.2, 0) is 4.74 Å². The molecule has 1 saturated heterocycles. The van der Waals surface area contributed by atoms with Crippen molar-refractivity contribution < 1.29 is 4.74 Å². The lowest BCUT2D eigenvalue weighted by atomic mass is 9.74. The Kier molecular flexibility index (Phi) is 4.99. The summed E-state index contributed by atoms with van der Waals surface area (Å²) in [5.74, 6) is 0. The van der Waals surface area contributed by atoms with E-state index >= 15 is 0 Å². The first-order valence-electron chi connectivity index (χ1n) is 6.89. The van der Waals surface area contributed by atoms with Gasteiger partial charge >= 0.3 is 0 Å². The van der Waals surface area contributed by atoms with Crippen molar-refractivity contribution in [3.05, 3.63) is 0 Å². The monoisotopic (exact) mass is 242 g/mol. The zero-order chi connectivity index (χ0) is 13.1. The van der Waals surface area contributed by atoms with Gasteiger partial charge < -0.3 is 15.4 Å². The van der Waals surface area contributed by atoms with Crippen LogP contribution in [0, 0.1) is 5.41 Å². The third-order valence-corrected chi connectivity index (χ3v) is 4.30. The zero-order valence-electron chi connectivity index (χ0n) is 12.3. The molecule has 0 aromatic heterocycles. The maximum Gasteiger partial charge on any atom is 0.0599 e. The van der Waals surface area contributed by atoms with Gasteiger partial charge in [-0.2, -0.15) is 0 Å². The molecule has 0 radical (unpaired) electrons. The molecule has 0 spiro atoms. The normalized spacial score (nSPS) is 20.8. The largest absolute Gasteiger partial charge is 0.378 e. The van der Waals surface area contributed by atoms with Crippen LogP contribution in [0.25, 0.3) is 0 Å². The van der Waals surface area contributed by atoms with Gasteiger partial charge in [0.1, 0.15) is 0 Å². The van der Waals surface area contributed by atoms with E-state index in [4.69, 9.17) is 10.5 Å². The number of hydrogen-bond acceptors (Lipinski definition) is 3. The maximum absolute atomic E-state index is 6.25. The lowest BCUT2D eigenvalue weighted by Gasteiger charge is -2.44. The Morgan fingerprint density at radius 2 is 1.71 bits per heavy atom. The Hall–Kier alpha value is -0.120. The predicted molar refractivity (Wildman–Crippen MR) is 73.1 cm³/mol. The molecule has 0 aliphatic carbocycles. The van der Waals surface area contributed by atoms with E-state index in [1.807, 2.05) is 0 Å². The van der Waals surface area contributed by atoms with Crippen molar-refractivity contribution >= 4 is 0 Å². The fraction of sp³-hybridized carbons (Fsp3) is 1.00. The number of nitrogens with zero attached hydrogens (tertiary/aromatic N) is 1. The average molecular weight is 242 g/mol. The summed E-state index contributed by atoms with van der Waals surface area (Å²) in [4.78, 5) is 2.53. The first kappa shape index (κ1) is 14.9. The van der Waals surface area contributed by atoms with Crippen molar-refractivity contribution in [2.24, 2.45) is 11.1 Å². The highest BCUT2D eigenvalue weighted by Gasteiger charge is 2.35. The van der Waals surface area contributed by atoms with Gasteiger partial charge in [0, 0.05) is 31.8 Å². The summed E-state index contributed by atoms with van der Waals surface area (Å²) < 4.78 is 5.68. The standard InChI is InChI=1S/C14H30N2O/c1-6-17-12-7-9-16(10-8-12)11-13(2,3)14(4,5)15/h12H,6-11,15H2,1-5H3. The SMILES string of the molecule is CCOC1CCN(CC(C)(C)C(C)(C)N)CC1. The molecule has 102 valence electrons. The van der Waals surface area contributed by atoms with E-state index < -0.39 is 0 Å². The van der Waals surface area contributed by atoms with Crippen LogP contribution >= 0.6 is 0 Å². The summed E-state index contributed by atoms with van der Waals surface area (Å²) in [7, 11) is 0. The molecule has 1 aliphatic rings. The average Bonchev–Trinajstić information content (AvgIpc) is 2.19. The van der Waals surface area contributed by atoms with Gasteiger partial charge in [-0.1, -0.05) is 13.8 Å². The second-order valence-electron chi connectivity index (χ2n) is 6.54. The van der Waals surface area contributed by atoms with Crippen LogP contribution in [0.2, 0.25) is 0 Å². The molecular weight excluding hydrogens is 212 g/mol. The van der Waals surface area contributed by atoms with Gasteiger partial charge in [-0.3, -0.25) is 0 Å². The second kappa shape index (κ2) is 5.68. The molecule has 0 amide bonds. The molecule has 0 aromatic carbocycles. The second-order valence-corrected chi connectivity index (χ2v) is 6.54.